The SMILES string of the molecule is COc1ccc(N2CCN(CCCNC(=O)C(=O)Nc3ccc(C)c(F)c3)CC2)cc1. The van der Waals surface area contributed by atoms with Gasteiger partial charge in [-0.1, -0.05) is 6.07 Å². The van der Waals surface area contributed by atoms with E-state index in [0.717, 1.165) is 44.9 Å². The first kappa shape index (κ1) is 22.6. The van der Waals surface area contributed by atoms with Gasteiger partial charge >= 0.3 is 11.8 Å². The lowest BCUT2D eigenvalue weighted by Gasteiger charge is -2.36. The number of nitrogens with zero attached hydrogens (tertiary/aromatic N) is 2. The number of benzene rings is 2. The largest absolute Gasteiger partial charge is 0.497 e. The number of ether oxygens (including phenoxy) is 1. The topological polar surface area (TPSA) is 73.9 Å². The molecular formula is C23H29FN4O3. The summed E-state index contributed by atoms with van der Waals surface area (Å²) in [6, 6.07) is 12.4. The molecule has 166 valence electrons. The average molecular weight is 429 g/mol. The van der Waals surface area contributed by atoms with Crippen molar-refractivity contribution in [3.05, 3.63) is 53.8 Å². The number of nitrogens with one attached hydrogen (secondary N) is 2. The summed E-state index contributed by atoms with van der Waals surface area (Å²) in [7, 11) is 1.66. The molecule has 0 atom stereocenters. The quantitative estimate of drug-likeness (QED) is 0.523. The van der Waals surface area contributed by atoms with Crippen LogP contribution in [0.4, 0.5) is 15.8 Å². The zero-order valence-corrected chi connectivity index (χ0v) is 18.0. The van der Waals surface area contributed by atoms with Crippen LogP contribution in [0.5, 0.6) is 5.75 Å². The van der Waals surface area contributed by atoms with E-state index in [0.29, 0.717) is 12.1 Å². The molecule has 1 aliphatic rings. The van der Waals surface area contributed by atoms with Crippen molar-refractivity contribution in [1.29, 1.82) is 0 Å². The van der Waals surface area contributed by atoms with Crippen LogP contribution in [0.2, 0.25) is 0 Å². The van der Waals surface area contributed by atoms with Crippen LogP contribution in [-0.4, -0.2) is 63.1 Å². The van der Waals surface area contributed by atoms with Gasteiger partial charge in [0.05, 0.1) is 7.11 Å². The molecule has 2 amide bonds. The van der Waals surface area contributed by atoms with Gasteiger partial charge in [-0.3, -0.25) is 14.5 Å². The second kappa shape index (κ2) is 10.8. The number of hydrogen-bond donors (Lipinski definition) is 2. The Morgan fingerprint density at radius 2 is 1.74 bits per heavy atom. The van der Waals surface area contributed by atoms with Gasteiger partial charge in [0.15, 0.2) is 0 Å². The number of aryl methyl sites for hydroxylation is 1. The fourth-order valence-electron chi connectivity index (χ4n) is 3.47. The van der Waals surface area contributed by atoms with Gasteiger partial charge in [-0.05, 0) is 61.9 Å². The minimum absolute atomic E-state index is 0.262. The number of halogens is 1. The van der Waals surface area contributed by atoms with Crippen molar-refractivity contribution < 1.29 is 18.7 Å². The van der Waals surface area contributed by atoms with Crippen LogP contribution in [0, 0.1) is 12.7 Å². The van der Waals surface area contributed by atoms with Crippen molar-refractivity contribution >= 4 is 23.2 Å². The summed E-state index contributed by atoms with van der Waals surface area (Å²) in [5, 5.41) is 5.03. The third-order valence-corrected chi connectivity index (χ3v) is 5.38. The molecule has 0 spiro atoms. The number of anilines is 2. The van der Waals surface area contributed by atoms with E-state index in [-0.39, 0.29) is 5.69 Å². The minimum Gasteiger partial charge on any atom is -0.497 e. The molecule has 1 heterocycles. The fourth-order valence-corrected chi connectivity index (χ4v) is 3.47. The van der Waals surface area contributed by atoms with Crippen LogP contribution >= 0.6 is 0 Å². The third-order valence-electron chi connectivity index (χ3n) is 5.38. The first-order valence-corrected chi connectivity index (χ1v) is 10.4. The second-order valence-corrected chi connectivity index (χ2v) is 7.55. The predicted octanol–water partition coefficient (Wildman–Crippen LogP) is 2.41. The van der Waals surface area contributed by atoms with Gasteiger partial charge in [0.2, 0.25) is 0 Å². The van der Waals surface area contributed by atoms with Crippen LogP contribution in [0.25, 0.3) is 0 Å². The maximum atomic E-state index is 13.5. The Balaban J connectivity index is 1.33. The highest BCUT2D eigenvalue weighted by Gasteiger charge is 2.18. The number of rotatable bonds is 7. The van der Waals surface area contributed by atoms with Crippen molar-refractivity contribution in [3.63, 3.8) is 0 Å². The molecule has 0 bridgehead atoms. The average Bonchev–Trinajstić information content (AvgIpc) is 2.79. The maximum Gasteiger partial charge on any atom is 0.313 e. The summed E-state index contributed by atoms with van der Waals surface area (Å²) in [5.41, 5.74) is 1.93. The van der Waals surface area contributed by atoms with Crippen LogP contribution in [0.15, 0.2) is 42.5 Å². The Bertz CT molecular complexity index is 896. The zero-order chi connectivity index (χ0) is 22.2. The first-order valence-electron chi connectivity index (χ1n) is 10.4. The van der Waals surface area contributed by atoms with Gasteiger partial charge in [0, 0.05) is 44.1 Å². The molecular weight excluding hydrogens is 399 g/mol. The number of carbonyl (C=O) groups excluding carboxylic acids is 2. The number of piperazine rings is 1. The molecule has 0 unspecified atom stereocenters. The van der Waals surface area contributed by atoms with Gasteiger partial charge in [-0.15, -0.1) is 0 Å². The summed E-state index contributed by atoms with van der Waals surface area (Å²) in [6.07, 6.45) is 0.751. The molecule has 8 heteroatoms. The third kappa shape index (κ3) is 6.42. The lowest BCUT2D eigenvalue weighted by Crippen LogP contribution is -2.47. The first-order chi connectivity index (χ1) is 15.0. The normalized spacial score (nSPS) is 14.2. The van der Waals surface area contributed by atoms with Gasteiger partial charge in [0.25, 0.3) is 0 Å². The molecule has 2 N–H and O–H groups in total. The number of carbonyl (C=O) groups is 2. The van der Waals surface area contributed by atoms with Gasteiger partial charge < -0.3 is 20.3 Å². The Hall–Kier alpha value is -3.13. The lowest BCUT2D eigenvalue weighted by molar-refractivity contribution is -0.136. The maximum absolute atomic E-state index is 13.5. The van der Waals surface area contributed by atoms with Gasteiger partial charge in [-0.2, -0.15) is 0 Å². The molecule has 2 aromatic rings. The van der Waals surface area contributed by atoms with Crippen molar-refractivity contribution in [1.82, 2.24) is 10.2 Å². The Kier molecular flexibility index (Phi) is 7.83. The molecule has 0 radical (unpaired) electrons. The highest BCUT2D eigenvalue weighted by Crippen LogP contribution is 2.20. The van der Waals surface area contributed by atoms with E-state index in [1.54, 1.807) is 26.2 Å². The van der Waals surface area contributed by atoms with E-state index in [4.69, 9.17) is 4.74 Å². The monoisotopic (exact) mass is 428 g/mol. The van der Waals surface area contributed by atoms with E-state index in [9.17, 15) is 14.0 Å². The highest BCUT2D eigenvalue weighted by molar-refractivity contribution is 6.39. The lowest BCUT2D eigenvalue weighted by atomic mass is 10.2. The molecule has 7 nitrogen and oxygen atoms in total. The summed E-state index contributed by atoms with van der Waals surface area (Å²) in [5.74, 6) is -1.09. The van der Waals surface area contributed by atoms with Crippen molar-refractivity contribution in [2.45, 2.75) is 13.3 Å². The Labute approximate surface area is 182 Å². The number of amides is 2. The standard InChI is InChI=1S/C23H29FN4O3/c1-17-4-5-18(16-21(17)24)26-23(30)22(29)25-10-3-11-27-12-14-28(15-13-27)19-6-8-20(31-2)9-7-19/h4-9,16H,3,10-15H2,1-2H3,(H,25,29)(H,26,30). The minimum atomic E-state index is -0.795. The highest BCUT2D eigenvalue weighted by atomic mass is 19.1. The Morgan fingerprint density at radius 1 is 1.03 bits per heavy atom. The van der Waals surface area contributed by atoms with Crippen LogP contribution in [0.1, 0.15) is 12.0 Å². The predicted molar refractivity (Wildman–Crippen MR) is 119 cm³/mol. The molecule has 31 heavy (non-hydrogen) atoms. The summed E-state index contributed by atoms with van der Waals surface area (Å²) >= 11 is 0. The van der Waals surface area contributed by atoms with E-state index in [1.807, 2.05) is 12.1 Å². The van der Waals surface area contributed by atoms with Crippen molar-refractivity contribution in [2.75, 3.05) is 56.6 Å². The second-order valence-electron chi connectivity index (χ2n) is 7.55. The molecule has 0 saturated carbocycles. The Morgan fingerprint density at radius 3 is 2.39 bits per heavy atom. The molecule has 1 fully saturated rings. The zero-order valence-electron chi connectivity index (χ0n) is 18.0. The van der Waals surface area contributed by atoms with Crippen molar-refractivity contribution in [2.24, 2.45) is 0 Å². The summed E-state index contributed by atoms with van der Waals surface area (Å²) in [6.45, 7) is 6.66. The van der Waals surface area contributed by atoms with Gasteiger partial charge in [-0.25, -0.2) is 4.39 Å². The molecule has 1 aliphatic heterocycles. The van der Waals surface area contributed by atoms with Crippen molar-refractivity contribution in [3.8, 4) is 5.75 Å². The van der Waals surface area contributed by atoms with Crippen LogP contribution in [-0.2, 0) is 9.59 Å². The molecule has 0 aliphatic carbocycles. The number of methoxy groups -OCH3 is 1. The van der Waals surface area contributed by atoms with E-state index in [2.05, 4.69) is 32.6 Å². The number of hydrogen-bond acceptors (Lipinski definition) is 5. The molecule has 3 rings (SSSR count). The van der Waals surface area contributed by atoms with E-state index in [1.165, 1.54) is 11.8 Å². The fraction of sp³-hybridized carbons (Fsp3) is 0.391. The van der Waals surface area contributed by atoms with Crippen LogP contribution < -0.4 is 20.3 Å². The van der Waals surface area contributed by atoms with Gasteiger partial charge in [0.1, 0.15) is 11.6 Å². The summed E-state index contributed by atoms with van der Waals surface area (Å²) in [4.78, 5) is 28.6. The smallest absolute Gasteiger partial charge is 0.313 e. The van der Waals surface area contributed by atoms with E-state index >= 15 is 0 Å². The van der Waals surface area contributed by atoms with E-state index < -0.39 is 17.6 Å². The molecule has 0 aromatic heterocycles. The van der Waals surface area contributed by atoms with Crippen LogP contribution in [0.3, 0.4) is 0 Å². The summed E-state index contributed by atoms with van der Waals surface area (Å²) < 4.78 is 18.7. The molecule has 1 saturated heterocycles. The molecule has 2 aromatic carbocycles.